The average Bonchev–Trinajstić information content (AvgIpc) is 2.79. The third-order valence-electron chi connectivity index (χ3n) is 3.64. The number of nitrogens with one attached hydrogen (secondary N) is 3. The zero-order valence-corrected chi connectivity index (χ0v) is 9.88. The van der Waals surface area contributed by atoms with E-state index in [9.17, 15) is 4.79 Å². The Labute approximate surface area is 100 Å². The van der Waals surface area contributed by atoms with Crippen molar-refractivity contribution in [1.29, 1.82) is 0 Å². The van der Waals surface area contributed by atoms with Gasteiger partial charge >= 0.3 is 0 Å². The topological polar surface area (TPSA) is 69.8 Å². The minimum Gasteiger partial charge on any atom is -0.353 e. The highest BCUT2D eigenvalue weighted by atomic mass is 16.1. The SMILES string of the molecule is O=c1[nH]c(NC2CCCCC2)nc2c1CNC2. The lowest BCUT2D eigenvalue weighted by Gasteiger charge is -2.23. The molecule has 0 unspecified atom stereocenters. The van der Waals surface area contributed by atoms with Gasteiger partial charge in [-0.05, 0) is 12.8 Å². The number of rotatable bonds is 2. The normalized spacial score (nSPS) is 20.2. The van der Waals surface area contributed by atoms with Gasteiger partial charge in [0.1, 0.15) is 0 Å². The maximum absolute atomic E-state index is 11.8. The molecule has 0 atom stereocenters. The van der Waals surface area contributed by atoms with E-state index in [1.807, 2.05) is 0 Å². The van der Waals surface area contributed by atoms with Crippen molar-refractivity contribution in [2.75, 3.05) is 5.32 Å². The summed E-state index contributed by atoms with van der Waals surface area (Å²) in [5.74, 6) is 0.643. The van der Waals surface area contributed by atoms with Crippen LogP contribution in [0.2, 0.25) is 0 Å². The molecule has 3 N–H and O–H groups in total. The highest BCUT2D eigenvalue weighted by Crippen LogP contribution is 2.20. The molecular formula is C12H18N4O. The second-order valence-electron chi connectivity index (χ2n) is 4.92. The molecule has 3 rings (SSSR count). The zero-order valence-electron chi connectivity index (χ0n) is 9.88. The van der Waals surface area contributed by atoms with E-state index in [1.54, 1.807) is 0 Å². The van der Waals surface area contributed by atoms with Crippen molar-refractivity contribution in [2.24, 2.45) is 0 Å². The largest absolute Gasteiger partial charge is 0.353 e. The number of H-pyrrole nitrogens is 1. The molecule has 1 saturated carbocycles. The van der Waals surface area contributed by atoms with Gasteiger partial charge in [0.2, 0.25) is 5.95 Å². The number of hydrogen-bond donors (Lipinski definition) is 3. The van der Waals surface area contributed by atoms with Crippen LogP contribution in [0.15, 0.2) is 4.79 Å². The molecular weight excluding hydrogens is 216 g/mol. The van der Waals surface area contributed by atoms with Crippen molar-refractivity contribution >= 4 is 5.95 Å². The Balaban J connectivity index is 1.79. The first-order valence-electron chi connectivity index (χ1n) is 6.42. The van der Waals surface area contributed by atoms with Crippen LogP contribution in [0.5, 0.6) is 0 Å². The second-order valence-corrected chi connectivity index (χ2v) is 4.92. The Bertz CT molecular complexity index is 462. The summed E-state index contributed by atoms with van der Waals surface area (Å²) in [5.41, 5.74) is 1.68. The lowest BCUT2D eigenvalue weighted by molar-refractivity contribution is 0.460. The van der Waals surface area contributed by atoms with Gasteiger partial charge in [0.15, 0.2) is 0 Å². The number of nitrogens with zero attached hydrogens (tertiary/aromatic N) is 1. The fourth-order valence-corrected chi connectivity index (χ4v) is 2.69. The van der Waals surface area contributed by atoms with Crippen molar-refractivity contribution in [3.63, 3.8) is 0 Å². The molecule has 1 aromatic heterocycles. The van der Waals surface area contributed by atoms with Crippen molar-refractivity contribution in [2.45, 2.75) is 51.2 Å². The van der Waals surface area contributed by atoms with E-state index in [2.05, 4.69) is 20.6 Å². The molecule has 2 heterocycles. The van der Waals surface area contributed by atoms with Crippen LogP contribution in [-0.2, 0) is 13.1 Å². The Morgan fingerprint density at radius 1 is 1.18 bits per heavy atom. The molecule has 0 bridgehead atoms. The molecule has 0 amide bonds. The number of hydrogen-bond acceptors (Lipinski definition) is 4. The Morgan fingerprint density at radius 2 is 2.00 bits per heavy atom. The summed E-state index contributed by atoms with van der Waals surface area (Å²) in [6.45, 7) is 1.35. The molecule has 0 aromatic carbocycles. The van der Waals surface area contributed by atoms with Gasteiger partial charge in [0.05, 0.1) is 11.3 Å². The van der Waals surface area contributed by atoms with Gasteiger partial charge in [-0.2, -0.15) is 0 Å². The number of anilines is 1. The van der Waals surface area contributed by atoms with E-state index in [-0.39, 0.29) is 5.56 Å². The maximum atomic E-state index is 11.8. The van der Waals surface area contributed by atoms with Crippen LogP contribution in [0.3, 0.4) is 0 Å². The minimum atomic E-state index is -0.00157. The summed E-state index contributed by atoms with van der Waals surface area (Å²) >= 11 is 0. The van der Waals surface area contributed by atoms with Crippen LogP contribution in [0.25, 0.3) is 0 Å². The van der Waals surface area contributed by atoms with Crippen molar-refractivity contribution < 1.29 is 0 Å². The first-order chi connectivity index (χ1) is 8.33. The quantitative estimate of drug-likeness (QED) is 0.717. The molecule has 5 nitrogen and oxygen atoms in total. The summed E-state index contributed by atoms with van der Waals surface area (Å²) in [7, 11) is 0. The average molecular weight is 234 g/mol. The maximum Gasteiger partial charge on any atom is 0.257 e. The van der Waals surface area contributed by atoms with E-state index < -0.39 is 0 Å². The molecule has 0 spiro atoms. The molecule has 2 aliphatic rings. The summed E-state index contributed by atoms with van der Waals surface area (Å²) in [6, 6.07) is 0.472. The summed E-state index contributed by atoms with van der Waals surface area (Å²) in [4.78, 5) is 19.1. The molecule has 1 aliphatic heterocycles. The van der Waals surface area contributed by atoms with E-state index in [0.717, 1.165) is 11.3 Å². The van der Waals surface area contributed by atoms with Crippen molar-refractivity contribution in [1.82, 2.24) is 15.3 Å². The fourth-order valence-electron chi connectivity index (χ4n) is 2.69. The van der Waals surface area contributed by atoms with E-state index in [1.165, 1.54) is 32.1 Å². The summed E-state index contributed by atoms with van der Waals surface area (Å²) in [6.07, 6.45) is 6.23. The van der Waals surface area contributed by atoms with Crippen LogP contribution in [-0.4, -0.2) is 16.0 Å². The standard InChI is InChI=1S/C12H18N4O/c17-11-9-6-13-7-10(9)15-12(16-11)14-8-4-2-1-3-5-8/h8,13H,1-7H2,(H2,14,15,16,17). The molecule has 1 aromatic rings. The van der Waals surface area contributed by atoms with Gasteiger partial charge in [-0.1, -0.05) is 19.3 Å². The van der Waals surface area contributed by atoms with E-state index in [0.29, 0.717) is 25.1 Å². The number of fused-ring (bicyclic) bond motifs is 1. The summed E-state index contributed by atoms with van der Waals surface area (Å²) in [5, 5.41) is 6.51. The lowest BCUT2D eigenvalue weighted by atomic mass is 9.96. The molecule has 0 radical (unpaired) electrons. The van der Waals surface area contributed by atoms with Crippen LogP contribution < -0.4 is 16.2 Å². The lowest BCUT2D eigenvalue weighted by Crippen LogP contribution is -2.26. The first kappa shape index (κ1) is 10.8. The van der Waals surface area contributed by atoms with Crippen LogP contribution in [0.4, 0.5) is 5.95 Å². The third kappa shape index (κ3) is 2.20. The molecule has 92 valence electrons. The summed E-state index contributed by atoms with van der Waals surface area (Å²) < 4.78 is 0. The van der Waals surface area contributed by atoms with Crippen LogP contribution in [0, 0.1) is 0 Å². The third-order valence-corrected chi connectivity index (χ3v) is 3.64. The van der Waals surface area contributed by atoms with Crippen molar-refractivity contribution in [3.8, 4) is 0 Å². The fraction of sp³-hybridized carbons (Fsp3) is 0.667. The highest BCUT2D eigenvalue weighted by molar-refractivity contribution is 5.32. The van der Waals surface area contributed by atoms with E-state index in [4.69, 9.17) is 0 Å². The predicted octanol–water partition coefficient (Wildman–Crippen LogP) is 1.12. The molecule has 1 fully saturated rings. The minimum absolute atomic E-state index is 0.00157. The van der Waals surface area contributed by atoms with Crippen LogP contribution >= 0.6 is 0 Å². The molecule has 5 heteroatoms. The van der Waals surface area contributed by atoms with Gasteiger partial charge in [0.25, 0.3) is 5.56 Å². The zero-order chi connectivity index (χ0) is 11.7. The Hall–Kier alpha value is -1.36. The van der Waals surface area contributed by atoms with Gasteiger partial charge in [-0.25, -0.2) is 4.98 Å². The monoisotopic (exact) mass is 234 g/mol. The smallest absolute Gasteiger partial charge is 0.257 e. The second kappa shape index (κ2) is 4.49. The van der Waals surface area contributed by atoms with Gasteiger partial charge in [-0.15, -0.1) is 0 Å². The molecule has 0 saturated heterocycles. The Morgan fingerprint density at radius 3 is 2.82 bits per heavy atom. The highest BCUT2D eigenvalue weighted by Gasteiger charge is 2.18. The van der Waals surface area contributed by atoms with Crippen molar-refractivity contribution in [3.05, 3.63) is 21.6 Å². The number of aromatic nitrogens is 2. The first-order valence-corrected chi connectivity index (χ1v) is 6.42. The van der Waals surface area contributed by atoms with E-state index >= 15 is 0 Å². The van der Waals surface area contributed by atoms with Crippen LogP contribution in [0.1, 0.15) is 43.4 Å². The molecule has 1 aliphatic carbocycles. The Kier molecular flexibility index (Phi) is 2.84. The van der Waals surface area contributed by atoms with Gasteiger partial charge in [-0.3, -0.25) is 9.78 Å². The predicted molar refractivity (Wildman–Crippen MR) is 65.9 cm³/mol. The number of aromatic amines is 1. The van der Waals surface area contributed by atoms with Gasteiger partial charge < -0.3 is 10.6 Å². The van der Waals surface area contributed by atoms with Gasteiger partial charge in [0, 0.05) is 19.1 Å². The molecule has 17 heavy (non-hydrogen) atoms.